The second kappa shape index (κ2) is 5.70. The smallest absolute Gasteiger partial charge is 0.305 e. The zero-order valence-corrected chi connectivity index (χ0v) is 11.3. The quantitative estimate of drug-likeness (QED) is 0.616. The molecule has 0 N–H and O–H groups in total. The number of piperazine rings is 1. The molecule has 1 aliphatic rings. The summed E-state index contributed by atoms with van der Waals surface area (Å²) in [6.07, 6.45) is 4.27. The largest absolute Gasteiger partial charge is 0.353 e. The van der Waals surface area contributed by atoms with E-state index in [4.69, 9.17) is 0 Å². The summed E-state index contributed by atoms with van der Waals surface area (Å²) < 4.78 is 0. The van der Waals surface area contributed by atoms with E-state index in [1.807, 2.05) is 23.1 Å². The standard InChI is InChI=1S/C13H14N6O2/c20-19(21)11-9-15-13(16-10-11)18-7-5-17(6-8-18)12-3-1-2-4-14-12/h1-4,9-10H,5-8H2. The Morgan fingerprint density at radius 3 is 2.24 bits per heavy atom. The SMILES string of the molecule is O=[N+]([O-])c1cnc(N2CCN(c3ccccn3)CC2)nc1. The Morgan fingerprint density at radius 1 is 1.00 bits per heavy atom. The fraction of sp³-hybridized carbons (Fsp3) is 0.308. The van der Waals surface area contributed by atoms with Gasteiger partial charge >= 0.3 is 5.69 Å². The van der Waals surface area contributed by atoms with Crippen LogP contribution in [0.2, 0.25) is 0 Å². The zero-order chi connectivity index (χ0) is 14.7. The minimum absolute atomic E-state index is 0.0918. The first-order chi connectivity index (χ1) is 10.2. The molecule has 2 aromatic heterocycles. The van der Waals surface area contributed by atoms with Crippen molar-refractivity contribution in [2.24, 2.45) is 0 Å². The van der Waals surface area contributed by atoms with E-state index in [9.17, 15) is 10.1 Å². The van der Waals surface area contributed by atoms with Gasteiger partial charge in [-0.15, -0.1) is 0 Å². The Labute approximate surface area is 121 Å². The average Bonchev–Trinajstić information content (AvgIpc) is 2.56. The summed E-state index contributed by atoms with van der Waals surface area (Å²) >= 11 is 0. The molecule has 0 aliphatic carbocycles. The van der Waals surface area contributed by atoms with Crippen molar-refractivity contribution in [2.75, 3.05) is 36.0 Å². The Bertz CT molecular complexity index is 610. The van der Waals surface area contributed by atoms with Gasteiger partial charge in [-0.25, -0.2) is 15.0 Å². The third kappa shape index (κ3) is 2.88. The van der Waals surface area contributed by atoms with Crippen LogP contribution >= 0.6 is 0 Å². The Morgan fingerprint density at radius 2 is 1.67 bits per heavy atom. The molecule has 2 aromatic rings. The molecule has 0 bridgehead atoms. The molecule has 0 spiro atoms. The van der Waals surface area contributed by atoms with Gasteiger partial charge in [0.15, 0.2) is 0 Å². The van der Waals surface area contributed by atoms with Crippen LogP contribution in [0.3, 0.4) is 0 Å². The molecule has 0 aromatic carbocycles. The summed E-state index contributed by atoms with van der Waals surface area (Å²) in [5.74, 6) is 1.49. The number of hydrogen-bond acceptors (Lipinski definition) is 7. The minimum atomic E-state index is -0.497. The molecule has 0 unspecified atom stereocenters. The summed E-state index contributed by atoms with van der Waals surface area (Å²) in [5, 5.41) is 10.6. The van der Waals surface area contributed by atoms with Crippen molar-refractivity contribution >= 4 is 17.5 Å². The highest BCUT2D eigenvalue weighted by atomic mass is 16.6. The van der Waals surface area contributed by atoms with E-state index in [1.54, 1.807) is 6.20 Å². The Balaban J connectivity index is 1.64. The molecule has 0 radical (unpaired) electrons. The van der Waals surface area contributed by atoms with E-state index in [1.165, 1.54) is 12.4 Å². The van der Waals surface area contributed by atoms with Crippen LogP contribution < -0.4 is 9.80 Å². The van der Waals surface area contributed by atoms with Crippen molar-refractivity contribution in [3.8, 4) is 0 Å². The van der Waals surface area contributed by atoms with E-state index >= 15 is 0 Å². The van der Waals surface area contributed by atoms with Crippen LogP contribution in [0.4, 0.5) is 17.5 Å². The number of pyridine rings is 1. The van der Waals surface area contributed by atoms with E-state index < -0.39 is 4.92 Å². The maximum atomic E-state index is 10.6. The highest BCUT2D eigenvalue weighted by Crippen LogP contribution is 2.17. The normalized spacial score (nSPS) is 15.0. The maximum absolute atomic E-state index is 10.6. The summed E-state index contributed by atoms with van der Waals surface area (Å²) in [4.78, 5) is 26.8. The molecule has 0 amide bonds. The highest BCUT2D eigenvalue weighted by molar-refractivity contribution is 5.42. The van der Waals surface area contributed by atoms with Gasteiger partial charge in [0.1, 0.15) is 18.2 Å². The second-order valence-electron chi connectivity index (χ2n) is 4.66. The van der Waals surface area contributed by atoms with Crippen LogP contribution in [0.5, 0.6) is 0 Å². The number of nitrogens with zero attached hydrogens (tertiary/aromatic N) is 6. The molecule has 1 aliphatic heterocycles. The van der Waals surface area contributed by atoms with Crippen LogP contribution in [0.15, 0.2) is 36.8 Å². The van der Waals surface area contributed by atoms with Gasteiger partial charge in [0, 0.05) is 32.4 Å². The zero-order valence-electron chi connectivity index (χ0n) is 11.3. The van der Waals surface area contributed by atoms with Crippen LogP contribution in [-0.2, 0) is 0 Å². The molecule has 0 saturated carbocycles. The summed E-state index contributed by atoms with van der Waals surface area (Å²) in [7, 11) is 0. The number of nitro groups is 1. The van der Waals surface area contributed by atoms with Gasteiger partial charge in [0.05, 0.1) is 4.92 Å². The third-order valence-electron chi connectivity index (χ3n) is 3.37. The summed E-state index contributed by atoms with van der Waals surface area (Å²) in [6.45, 7) is 3.15. The van der Waals surface area contributed by atoms with E-state index in [0.29, 0.717) is 5.95 Å². The van der Waals surface area contributed by atoms with Gasteiger partial charge in [-0.3, -0.25) is 10.1 Å². The number of rotatable bonds is 3. The van der Waals surface area contributed by atoms with Gasteiger partial charge in [0.25, 0.3) is 0 Å². The minimum Gasteiger partial charge on any atom is -0.353 e. The lowest BCUT2D eigenvalue weighted by molar-refractivity contribution is -0.385. The molecule has 108 valence electrons. The molecule has 1 saturated heterocycles. The lowest BCUT2D eigenvalue weighted by Gasteiger charge is -2.35. The lowest BCUT2D eigenvalue weighted by atomic mass is 10.3. The van der Waals surface area contributed by atoms with Crippen molar-refractivity contribution in [3.63, 3.8) is 0 Å². The molecule has 21 heavy (non-hydrogen) atoms. The maximum Gasteiger partial charge on any atom is 0.305 e. The van der Waals surface area contributed by atoms with E-state index in [-0.39, 0.29) is 5.69 Å². The highest BCUT2D eigenvalue weighted by Gasteiger charge is 2.20. The Hall–Kier alpha value is -2.77. The van der Waals surface area contributed by atoms with Crippen molar-refractivity contribution in [3.05, 3.63) is 46.9 Å². The van der Waals surface area contributed by atoms with Crippen molar-refractivity contribution in [1.29, 1.82) is 0 Å². The topological polar surface area (TPSA) is 88.3 Å². The third-order valence-corrected chi connectivity index (χ3v) is 3.37. The number of aromatic nitrogens is 3. The lowest BCUT2D eigenvalue weighted by Crippen LogP contribution is -2.47. The van der Waals surface area contributed by atoms with E-state index in [2.05, 4.69) is 19.9 Å². The first-order valence-electron chi connectivity index (χ1n) is 6.61. The molecule has 0 atom stereocenters. The summed E-state index contributed by atoms with van der Waals surface area (Å²) in [6, 6.07) is 5.84. The van der Waals surface area contributed by atoms with Gasteiger partial charge in [-0.1, -0.05) is 6.07 Å². The number of anilines is 2. The molecule has 3 rings (SSSR count). The van der Waals surface area contributed by atoms with Gasteiger partial charge in [0.2, 0.25) is 5.95 Å². The molecule has 1 fully saturated rings. The van der Waals surface area contributed by atoms with Gasteiger partial charge < -0.3 is 9.80 Å². The predicted molar refractivity (Wildman–Crippen MR) is 77.3 cm³/mol. The first kappa shape index (κ1) is 13.2. The van der Waals surface area contributed by atoms with Gasteiger partial charge in [-0.05, 0) is 12.1 Å². The molecular weight excluding hydrogens is 272 g/mol. The van der Waals surface area contributed by atoms with Crippen LogP contribution in [0.25, 0.3) is 0 Å². The predicted octanol–water partition coefficient (Wildman–Crippen LogP) is 1.11. The van der Waals surface area contributed by atoms with Crippen molar-refractivity contribution < 1.29 is 4.92 Å². The fourth-order valence-corrected chi connectivity index (χ4v) is 2.25. The Kier molecular flexibility index (Phi) is 3.59. The first-order valence-corrected chi connectivity index (χ1v) is 6.61. The monoisotopic (exact) mass is 286 g/mol. The molecule has 3 heterocycles. The van der Waals surface area contributed by atoms with Crippen LogP contribution in [0, 0.1) is 10.1 Å². The van der Waals surface area contributed by atoms with E-state index in [0.717, 1.165) is 32.0 Å². The van der Waals surface area contributed by atoms with Crippen molar-refractivity contribution in [1.82, 2.24) is 15.0 Å². The van der Waals surface area contributed by atoms with Crippen molar-refractivity contribution in [2.45, 2.75) is 0 Å². The van der Waals surface area contributed by atoms with Crippen LogP contribution in [0.1, 0.15) is 0 Å². The molecule has 8 nitrogen and oxygen atoms in total. The fourth-order valence-electron chi connectivity index (χ4n) is 2.25. The average molecular weight is 286 g/mol. The molecule has 8 heteroatoms. The second-order valence-corrected chi connectivity index (χ2v) is 4.66. The summed E-state index contributed by atoms with van der Waals surface area (Å²) in [5.41, 5.74) is -0.0918. The van der Waals surface area contributed by atoms with Gasteiger partial charge in [-0.2, -0.15) is 0 Å². The molecular formula is C13H14N6O2. The van der Waals surface area contributed by atoms with Crippen LogP contribution in [-0.4, -0.2) is 46.1 Å². The number of hydrogen-bond donors (Lipinski definition) is 0.